The number of piperazine rings is 1. The van der Waals surface area contributed by atoms with Gasteiger partial charge in [-0.2, -0.15) is 0 Å². The number of ether oxygens (including phenoxy) is 1. The molecule has 0 unspecified atom stereocenters. The third-order valence-electron chi connectivity index (χ3n) is 5.25. The zero-order valence-electron chi connectivity index (χ0n) is 16.8. The minimum absolute atomic E-state index is 0.0283. The van der Waals surface area contributed by atoms with Crippen LogP contribution in [-0.4, -0.2) is 66.9 Å². The fourth-order valence-electron chi connectivity index (χ4n) is 3.71. The summed E-state index contributed by atoms with van der Waals surface area (Å²) in [5.74, 6) is 0.967. The summed E-state index contributed by atoms with van der Waals surface area (Å²) in [5.41, 5.74) is 3.37. The first-order valence-corrected chi connectivity index (χ1v) is 10.0. The highest BCUT2D eigenvalue weighted by molar-refractivity contribution is 5.79. The number of imidazole rings is 1. The second-order valence-electron chi connectivity index (χ2n) is 7.17. The maximum Gasteiger partial charge on any atom is 0.317 e. The molecule has 1 aliphatic heterocycles. The maximum atomic E-state index is 12.3. The average Bonchev–Trinajstić information content (AvgIpc) is 3.13. The number of nitrogens with zero attached hydrogens (tertiary/aromatic N) is 4. The van der Waals surface area contributed by atoms with E-state index in [2.05, 4.69) is 57.2 Å². The van der Waals surface area contributed by atoms with Crippen molar-refractivity contribution in [2.45, 2.75) is 6.54 Å². The number of hydrogen-bond donors (Lipinski definition) is 1. The van der Waals surface area contributed by atoms with Crippen molar-refractivity contribution in [1.29, 1.82) is 0 Å². The highest BCUT2D eigenvalue weighted by Gasteiger charge is 2.24. The van der Waals surface area contributed by atoms with Crippen molar-refractivity contribution in [1.82, 2.24) is 19.8 Å². The van der Waals surface area contributed by atoms with Crippen molar-refractivity contribution in [2.75, 3.05) is 51.3 Å². The molecule has 7 heteroatoms. The zero-order valence-corrected chi connectivity index (χ0v) is 16.8. The molecule has 0 atom stereocenters. The van der Waals surface area contributed by atoms with E-state index in [1.54, 1.807) is 7.11 Å². The predicted molar refractivity (Wildman–Crippen MR) is 114 cm³/mol. The zero-order chi connectivity index (χ0) is 20.1. The molecule has 1 N–H and O–H groups in total. The Morgan fingerprint density at radius 2 is 1.76 bits per heavy atom. The smallest absolute Gasteiger partial charge is 0.317 e. The van der Waals surface area contributed by atoms with E-state index in [-0.39, 0.29) is 6.03 Å². The van der Waals surface area contributed by atoms with Gasteiger partial charge in [0.1, 0.15) is 0 Å². The highest BCUT2D eigenvalue weighted by atomic mass is 16.5. The van der Waals surface area contributed by atoms with Gasteiger partial charge in [0.05, 0.1) is 24.2 Å². The molecular formula is C22H27N5O2. The van der Waals surface area contributed by atoms with Crippen molar-refractivity contribution in [2.24, 2.45) is 0 Å². The van der Waals surface area contributed by atoms with Gasteiger partial charge < -0.3 is 24.4 Å². The Kier molecular flexibility index (Phi) is 5.95. The van der Waals surface area contributed by atoms with Gasteiger partial charge in [0.15, 0.2) is 0 Å². The SMILES string of the molecule is COCCNC(=O)N1CCN(c2nc3ccccc3n2Cc2ccccc2)CC1. The number of rotatable bonds is 6. The molecule has 152 valence electrons. The lowest BCUT2D eigenvalue weighted by molar-refractivity contribution is 0.177. The summed E-state index contributed by atoms with van der Waals surface area (Å²) in [6.45, 7) is 4.69. The Bertz CT molecular complexity index is 948. The van der Waals surface area contributed by atoms with Gasteiger partial charge in [0, 0.05) is 39.8 Å². The second-order valence-corrected chi connectivity index (χ2v) is 7.17. The molecule has 29 heavy (non-hydrogen) atoms. The number of hydrogen-bond acceptors (Lipinski definition) is 4. The summed E-state index contributed by atoms with van der Waals surface area (Å²) in [6.07, 6.45) is 0. The van der Waals surface area contributed by atoms with Crippen molar-refractivity contribution >= 4 is 23.0 Å². The molecule has 1 saturated heterocycles. The normalized spacial score (nSPS) is 14.4. The monoisotopic (exact) mass is 393 g/mol. The van der Waals surface area contributed by atoms with Crippen LogP contribution in [-0.2, 0) is 11.3 Å². The van der Waals surface area contributed by atoms with Crippen LogP contribution in [0, 0.1) is 0 Å². The van der Waals surface area contributed by atoms with E-state index in [0.29, 0.717) is 26.2 Å². The predicted octanol–water partition coefficient (Wildman–Crippen LogP) is 2.56. The molecule has 0 aliphatic carbocycles. The van der Waals surface area contributed by atoms with Gasteiger partial charge in [0.2, 0.25) is 5.95 Å². The molecule has 1 fully saturated rings. The topological polar surface area (TPSA) is 62.6 Å². The van der Waals surface area contributed by atoms with Crippen LogP contribution in [0.4, 0.5) is 10.7 Å². The van der Waals surface area contributed by atoms with Crippen molar-refractivity contribution in [3.8, 4) is 0 Å². The van der Waals surface area contributed by atoms with E-state index < -0.39 is 0 Å². The molecule has 7 nitrogen and oxygen atoms in total. The molecule has 2 amide bonds. The van der Waals surface area contributed by atoms with E-state index in [1.165, 1.54) is 5.56 Å². The first-order chi connectivity index (χ1) is 14.3. The van der Waals surface area contributed by atoms with Gasteiger partial charge >= 0.3 is 6.03 Å². The van der Waals surface area contributed by atoms with Crippen LogP contribution in [0.3, 0.4) is 0 Å². The summed E-state index contributed by atoms with van der Waals surface area (Å²) in [6, 6.07) is 18.7. The molecule has 4 rings (SSSR count). The van der Waals surface area contributed by atoms with Crippen LogP contribution < -0.4 is 10.2 Å². The van der Waals surface area contributed by atoms with E-state index in [1.807, 2.05) is 17.0 Å². The number of anilines is 1. The summed E-state index contributed by atoms with van der Waals surface area (Å²) >= 11 is 0. The maximum absolute atomic E-state index is 12.3. The molecular weight excluding hydrogens is 366 g/mol. The Hall–Kier alpha value is -3.06. The van der Waals surface area contributed by atoms with Crippen molar-refractivity contribution < 1.29 is 9.53 Å². The fourth-order valence-corrected chi connectivity index (χ4v) is 3.71. The minimum atomic E-state index is -0.0283. The summed E-state index contributed by atoms with van der Waals surface area (Å²) in [4.78, 5) is 21.3. The Balaban J connectivity index is 1.51. The molecule has 3 aromatic rings. The van der Waals surface area contributed by atoms with Crippen LogP contribution in [0.2, 0.25) is 0 Å². The van der Waals surface area contributed by atoms with Crippen molar-refractivity contribution in [3.05, 3.63) is 60.2 Å². The van der Waals surface area contributed by atoms with Crippen LogP contribution in [0.5, 0.6) is 0 Å². The third kappa shape index (κ3) is 4.35. The molecule has 0 saturated carbocycles. The Morgan fingerprint density at radius 3 is 2.52 bits per heavy atom. The van der Waals surface area contributed by atoms with E-state index >= 15 is 0 Å². The van der Waals surface area contributed by atoms with Gasteiger partial charge in [-0.3, -0.25) is 0 Å². The van der Waals surface area contributed by atoms with Crippen LogP contribution in [0.15, 0.2) is 54.6 Å². The Morgan fingerprint density at radius 1 is 1.03 bits per heavy atom. The lowest BCUT2D eigenvalue weighted by atomic mass is 10.2. The lowest BCUT2D eigenvalue weighted by Gasteiger charge is -2.35. The largest absolute Gasteiger partial charge is 0.383 e. The number of urea groups is 1. The molecule has 1 aliphatic rings. The second kappa shape index (κ2) is 8.96. The summed E-state index contributed by atoms with van der Waals surface area (Å²) < 4.78 is 7.27. The van der Waals surface area contributed by atoms with E-state index in [0.717, 1.165) is 36.6 Å². The molecule has 1 aromatic heterocycles. The van der Waals surface area contributed by atoms with Crippen molar-refractivity contribution in [3.63, 3.8) is 0 Å². The average molecular weight is 393 g/mol. The first-order valence-electron chi connectivity index (χ1n) is 10.0. The van der Waals surface area contributed by atoms with Gasteiger partial charge in [-0.05, 0) is 17.7 Å². The minimum Gasteiger partial charge on any atom is -0.383 e. The number of carbonyl (C=O) groups excluding carboxylic acids is 1. The molecule has 2 heterocycles. The number of aromatic nitrogens is 2. The quantitative estimate of drug-likeness (QED) is 0.654. The summed E-state index contributed by atoms with van der Waals surface area (Å²) in [5, 5.41) is 2.90. The number of carbonyl (C=O) groups is 1. The number of amides is 2. The standard InChI is InChI=1S/C22H27N5O2/c1-29-16-11-23-22(28)26-14-12-25(13-15-26)21-24-19-9-5-6-10-20(19)27(21)17-18-7-3-2-4-8-18/h2-10H,11-17H2,1H3,(H,23,28). The van der Waals surface area contributed by atoms with E-state index in [9.17, 15) is 4.79 Å². The van der Waals surface area contributed by atoms with Crippen LogP contribution in [0.25, 0.3) is 11.0 Å². The first kappa shape index (κ1) is 19.3. The van der Waals surface area contributed by atoms with Gasteiger partial charge in [-0.15, -0.1) is 0 Å². The number of nitrogens with one attached hydrogen (secondary N) is 1. The molecule has 2 aromatic carbocycles. The lowest BCUT2D eigenvalue weighted by Crippen LogP contribution is -2.52. The molecule has 0 spiro atoms. The van der Waals surface area contributed by atoms with E-state index in [4.69, 9.17) is 9.72 Å². The number of benzene rings is 2. The van der Waals surface area contributed by atoms with Gasteiger partial charge in [0.25, 0.3) is 0 Å². The Labute approximate surface area is 170 Å². The highest BCUT2D eigenvalue weighted by Crippen LogP contribution is 2.25. The van der Waals surface area contributed by atoms with Gasteiger partial charge in [-0.25, -0.2) is 9.78 Å². The number of fused-ring (bicyclic) bond motifs is 1. The summed E-state index contributed by atoms with van der Waals surface area (Å²) in [7, 11) is 1.63. The molecule has 0 bridgehead atoms. The fraction of sp³-hybridized carbons (Fsp3) is 0.364. The number of para-hydroxylation sites is 2. The third-order valence-corrected chi connectivity index (χ3v) is 5.25. The van der Waals surface area contributed by atoms with Crippen LogP contribution in [0.1, 0.15) is 5.56 Å². The number of methoxy groups -OCH3 is 1. The molecule has 0 radical (unpaired) electrons. The van der Waals surface area contributed by atoms with Gasteiger partial charge in [-0.1, -0.05) is 42.5 Å². The van der Waals surface area contributed by atoms with Crippen LogP contribution >= 0.6 is 0 Å².